The number of benzene rings is 1. The highest BCUT2D eigenvalue weighted by Gasteiger charge is 2.15. The summed E-state index contributed by atoms with van der Waals surface area (Å²) in [6.07, 6.45) is 1.32. The van der Waals surface area contributed by atoms with Crippen LogP contribution in [0, 0.1) is 11.6 Å². The minimum Gasteiger partial charge on any atom is -0.287 e. The monoisotopic (exact) mass is 219 g/mol. The van der Waals surface area contributed by atoms with Gasteiger partial charge in [0, 0.05) is 11.8 Å². The summed E-state index contributed by atoms with van der Waals surface area (Å²) < 4.78 is 26.1. The van der Waals surface area contributed by atoms with Crippen LogP contribution in [0.25, 0.3) is 0 Å². The van der Waals surface area contributed by atoms with E-state index in [1.165, 1.54) is 30.5 Å². The number of aromatic nitrogens is 1. The summed E-state index contributed by atoms with van der Waals surface area (Å²) in [5.74, 6) is -1.88. The number of carbonyl (C=O) groups excluding carboxylic acids is 1. The van der Waals surface area contributed by atoms with Crippen LogP contribution in [0.4, 0.5) is 8.78 Å². The minimum absolute atomic E-state index is 0.0811. The Hall–Kier alpha value is -2.10. The second-order valence-corrected chi connectivity index (χ2v) is 3.17. The zero-order chi connectivity index (χ0) is 11.5. The fourth-order valence-electron chi connectivity index (χ4n) is 1.32. The van der Waals surface area contributed by atoms with E-state index in [9.17, 15) is 13.6 Å². The largest absolute Gasteiger partial charge is 0.287 e. The highest BCUT2D eigenvalue weighted by Crippen LogP contribution is 2.11. The Labute approximate surface area is 90.6 Å². The average molecular weight is 219 g/mol. The van der Waals surface area contributed by atoms with Gasteiger partial charge in [0.05, 0.1) is 0 Å². The first-order valence-corrected chi connectivity index (χ1v) is 4.59. The van der Waals surface area contributed by atoms with Crippen molar-refractivity contribution >= 4 is 5.78 Å². The number of rotatable bonds is 2. The van der Waals surface area contributed by atoms with Crippen molar-refractivity contribution in [3.05, 3.63) is 65.5 Å². The molecule has 16 heavy (non-hydrogen) atoms. The van der Waals surface area contributed by atoms with Gasteiger partial charge in [-0.05, 0) is 24.3 Å². The fraction of sp³-hybridized carbons (Fsp3) is 0. The zero-order valence-electron chi connectivity index (χ0n) is 8.15. The molecular formula is C12H7F2NO. The molecule has 1 aromatic heterocycles. The van der Waals surface area contributed by atoms with Gasteiger partial charge in [-0.3, -0.25) is 4.79 Å². The van der Waals surface area contributed by atoms with Gasteiger partial charge in [0.15, 0.2) is 5.82 Å². The van der Waals surface area contributed by atoms with Gasteiger partial charge in [-0.2, -0.15) is 0 Å². The maximum atomic E-state index is 13.2. The third-order valence-corrected chi connectivity index (χ3v) is 2.06. The van der Waals surface area contributed by atoms with Crippen molar-refractivity contribution in [3.63, 3.8) is 0 Å². The molecule has 0 atom stereocenters. The summed E-state index contributed by atoms with van der Waals surface area (Å²) in [5, 5.41) is 0. The van der Waals surface area contributed by atoms with Gasteiger partial charge in [-0.15, -0.1) is 0 Å². The van der Waals surface area contributed by atoms with Crippen LogP contribution in [0.2, 0.25) is 0 Å². The lowest BCUT2D eigenvalue weighted by Crippen LogP contribution is -2.06. The van der Waals surface area contributed by atoms with E-state index < -0.39 is 17.4 Å². The number of ketones is 1. The second kappa shape index (κ2) is 4.18. The molecule has 2 rings (SSSR count). The molecule has 2 aromatic rings. The van der Waals surface area contributed by atoms with E-state index in [0.29, 0.717) is 0 Å². The fourth-order valence-corrected chi connectivity index (χ4v) is 1.32. The third kappa shape index (κ3) is 1.95. The van der Waals surface area contributed by atoms with E-state index in [1.54, 1.807) is 0 Å². The average Bonchev–Trinajstić information content (AvgIpc) is 2.29. The van der Waals surface area contributed by atoms with Crippen molar-refractivity contribution in [2.24, 2.45) is 0 Å². The standard InChI is InChI=1S/C12H7F2NO/c13-9-4-1-3-8(7-9)12(16)11-10(14)5-2-6-15-11/h1-7H. The topological polar surface area (TPSA) is 30.0 Å². The van der Waals surface area contributed by atoms with E-state index in [0.717, 1.165) is 12.1 Å². The molecule has 0 fully saturated rings. The molecule has 0 aliphatic rings. The molecule has 80 valence electrons. The predicted octanol–water partition coefficient (Wildman–Crippen LogP) is 2.59. The molecule has 0 saturated heterocycles. The van der Waals surface area contributed by atoms with Crippen molar-refractivity contribution in [1.82, 2.24) is 4.98 Å². The first-order chi connectivity index (χ1) is 7.68. The van der Waals surface area contributed by atoms with Crippen molar-refractivity contribution in [2.75, 3.05) is 0 Å². The molecule has 0 saturated carbocycles. The highest BCUT2D eigenvalue weighted by molar-refractivity contribution is 6.07. The third-order valence-electron chi connectivity index (χ3n) is 2.06. The summed E-state index contributed by atoms with van der Waals surface area (Å²) in [4.78, 5) is 15.4. The number of carbonyl (C=O) groups is 1. The molecule has 4 heteroatoms. The number of halogens is 2. The van der Waals surface area contributed by atoms with E-state index in [1.807, 2.05) is 0 Å². The molecule has 0 amide bonds. The Morgan fingerprint density at radius 3 is 2.62 bits per heavy atom. The van der Waals surface area contributed by atoms with Crippen LogP contribution in [-0.4, -0.2) is 10.8 Å². The van der Waals surface area contributed by atoms with Gasteiger partial charge in [0.1, 0.15) is 11.5 Å². The van der Waals surface area contributed by atoms with Gasteiger partial charge >= 0.3 is 0 Å². The first-order valence-electron chi connectivity index (χ1n) is 4.59. The van der Waals surface area contributed by atoms with E-state index in [4.69, 9.17) is 0 Å². The van der Waals surface area contributed by atoms with Gasteiger partial charge < -0.3 is 0 Å². The van der Waals surface area contributed by atoms with Crippen LogP contribution in [0.3, 0.4) is 0 Å². The van der Waals surface area contributed by atoms with E-state index in [2.05, 4.69) is 4.98 Å². The normalized spacial score (nSPS) is 10.1. The minimum atomic E-state index is -0.711. The molecular weight excluding hydrogens is 212 g/mol. The molecule has 0 N–H and O–H groups in total. The van der Waals surface area contributed by atoms with Crippen molar-refractivity contribution in [3.8, 4) is 0 Å². The molecule has 0 unspecified atom stereocenters. The Morgan fingerprint density at radius 1 is 1.12 bits per heavy atom. The predicted molar refractivity (Wildman–Crippen MR) is 54.0 cm³/mol. The Bertz CT molecular complexity index is 540. The van der Waals surface area contributed by atoms with Crippen molar-refractivity contribution in [1.29, 1.82) is 0 Å². The van der Waals surface area contributed by atoms with Gasteiger partial charge in [-0.1, -0.05) is 12.1 Å². The van der Waals surface area contributed by atoms with Crippen LogP contribution >= 0.6 is 0 Å². The maximum absolute atomic E-state index is 13.2. The number of hydrogen-bond acceptors (Lipinski definition) is 2. The SMILES string of the molecule is O=C(c1cccc(F)c1)c1ncccc1F. The second-order valence-electron chi connectivity index (χ2n) is 3.17. The molecule has 0 spiro atoms. The lowest BCUT2D eigenvalue weighted by Gasteiger charge is -2.01. The smallest absolute Gasteiger partial charge is 0.214 e. The Kier molecular flexibility index (Phi) is 2.72. The van der Waals surface area contributed by atoms with Crippen LogP contribution < -0.4 is 0 Å². The van der Waals surface area contributed by atoms with Crippen LogP contribution in [0.15, 0.2) is 42.6 Å². The molecule has 1 heterocycles. The molecule has 0 aliphatic carbocycles. The molecule has 0 bridgehead atoms. The van der Waals surface area contributed by atoms with Gasteiger partial charge in [0.2, 0.25) is 5.78 Å². The van der Waals surface area contributed by atoms with E-state index in [-0.39, 0.29) is 11.3 Å². The lowest BCUT2D eigenvalue weighted by atomic mass is 10.1. The summed E-state index contributed by atoms with van der Waals surface area (Å²) in [7, 11) is 0. The zero-order valence-corrected chi connectivity index (χ0v) is 8.15. The summed E-state index contributed by atoms with van der Waals surface area (Å²) in [5.41, 5.74) is -0.217. The van der Waals surface area contributed by atoms with Crippen molar-refractivity contribution in [2.45, 2.75) is 0 Å². The number of hydrogen-bond donors (Lipinski definition) is 0. The highest BCUT2D eigenvalue weighted by atomic mass is 19.1. The molecule has 0 aliphatic heterocycles. The molecule has 2 nitrogen and oxygen atoms in total. The van der Waals surface area contributed by atoms with Crippen LogP contribution in [0.5, 0.6) is 0 Å². The Morgan fingerprint density at radius 2 is 1.94 bits per heavy atom. The molecule has 1 aromatic carbocycles. The maximum Gasteiger partial charge on any atom is 0.214 e. The van der Waals surface area contributed by atoms with Gasteiger partial charge in [0.25, 0.3) is 0 Å². The summed E-state index contributed by atoms with van der Waals surface area (Å²) in [6.45, 7) is 0. The Balaban J connectivity index is 2.44. The molecule has 0 radical (unpaired) electrons. The quantitative estimate of drug-likeness (QED) is 0.726. The van der Waals surface area contributed by atoms with Gasteiger partial charge in [-0.25, -0.2) is 13.8 Å². The summed E-state index contributed by atoms with van der Waals surface area (Å²) in [6, 6.07) is 7.60. The number of nitrogens with zero attached hydrogens (tertiary/aromatic N) is 1. The summed E-state index contributed by atoms with van der Waals surface area (Å²) >= 11 is 0. The van der Waals surface area contributed by atoms with E-state index >= 15 is 0 Å². The number of pyridine rings is 1. The van der Waals surface area contributed by atoms with Crippen LogP contribution in [-0.2, 0) is 0 Å². The van der Waals surface area contributed by atoms with Crippen LogP contribution in [0.1, 0.15) is 16.1 Å². The first kappa shape index (κ1) is 10.4. The lowest BCUT2D eigenvalue weighted by molar-refractivity contribution is 0.103. The van der Waals surface area contributed by atoms with Crippen molar-refractivity contribution < 1.29 is 13.6 Å².